The van der Waals surface area contributed by atoms with Crippen LogP contribution < -0.4 is 5.73 Å². The minimum Gasteiger partial charge on any atom is -0.344 e. The lowest BCUT2D eigenvalue weighted by molar-refractivity contribution is -0.131. The third-order valence-electron chi connectivity index (χ3n) is 4.16. The summed E-state index contributed by atoms with van der Waals surface area (Å²) in [6.45, 7) is 0.451. The summed E-state index contributed by atoms with van der Waals surface area (Å²) >= 11 is 0. The van der Waals surface area contributed by atoms with Crippen molar-refractivity contribution in [2.45, 2.75) is 50.7 Å². The number of hydrogen-bond donors (Lipinski definition) is 1. The molecule has 1 aromatic rings. The molecule has 1 amide bonds. The summed E-state index contributed by atoms with van der Waals surface area (Å²) in [5, 5.41) is 0. The van der Waals surface area contributed by atoms with Crippen LogP contribution in [0.3, 0.4) is 0 Å². The van der Waals surface area contributed by atoms with E-state index in [2.05, 4.69) is 12.4 Å². The molecule has 0 aromatic carbocycles. The van der Waals surface area contributed by atoms with Gasteiger partial charge in [-0.3, -0.25) is 4.79 Å². The molecular weight excluding hydrogens is 226 g/mol. The number of likely N-dealkylation sites (N-methyl/N-ethyl adjacent to an activating group) is 1. The van der Waals surface area contributed by atoms with E-state index in [0.717, 1.165) is 32.1 Å². The van der Waals surface area contributed by atoms with Gasteiger partial charge in [0.05, 0.1) is 0 Å². The Morgan fingerprint density at radius 3 is 2.89 bits per heavy atom. The van der Waals surface area contributed by atoms with Gasteiger partial charge in [-0.2, -0.15) is 0 Å². The van der Waals surface area contributed by atoms with Crippen LogP contribution in [0.4, 0.5) is 0 Å². The number of carbonyl (C=O) groups excluding carboxylic acids is 1. The van der Waals surface area contributed by atoms with Crippen molar-refractivity contribution in [3.05, 3.63) is 23.5 Å². The maximum atomic E-state index is 12.1. The molecule has 0 saturated heterocycles. The van der Waals surface area contributed by atoms with Crippen LogP contribution in [0.1, 0.15) is 42.9 Å². The number of hydrogen-bond acceptors (Lipinski definition) is 2. The third-order valence-corrected chi connectivity index (χ3v) is 4.16. The number of aryl methyl sites for hydroxylation is 1. The van der Waals surface area contributed by atoms with Crippen molar-refractivity contribution in [1.82, 2.24) is 9.47 Å². The molecule has 18 heavy (non-hydrogen) atoms. The summed E-state index contributed by atoms with van der Waals surface area (Å²) in [4.78, 5) is 13.9. The number of aromatic nitrogens is 1. The Labute approximate surface area is 108 Å². The SMILES string of the molecule is CN(C(=O)Cn1cc2c(c1)C(N)CCC2)C1CC1. The molecule has 0 aliphatic heterocycles. The lowest BCUT2D eigenvalue weighted by atomic mass is 9.92. The molecule has 1 aromatic heterocycles. The maximum Gasteiger partial charge on any atom is 0.242 e. The molecule has 1 atom stereocenters. The predicted octanol–water partition coefficient (Wildman–Crippen LogP) is 1.44. The first-order valence-electron chi connectivity index (χ1n) is 6.85. The average molecular weight is 247 g/mol. The van der Waals surface area contributed by atoms with E-state index in [9.17, 15) is 4.79 Å². The first-order valence-corrected chi connectivity index (χ1v) is 6.85. The van der Waals surface area contributed by atoms with Gasteiger partial charge < -0.3 is 15.2 Å². The number of nitrogens with zero attached hydrogens (tertiary/aromatic N) is 2. The van der Waals surface area contributed by atoms with E-state index >= 15 is 0 Å². The van der Waals surface area contributed by atoms with E-state index in [-0.39, 0.29) is 11.9 Å². The molecule has 2 aliphatic rings. The minimum atomic E-state index is 0.159. The summed E-state index contributed by atoms with van der Waals surface area (Å²) in [5.41, 5.74) is 8.67. The molecule has 2 N–H and O–H groups in total. The van der Waals surface area contributed by atoms with Gasteiger partial charge in [0.25, 0.3) is 0 Å². The number of nitrogens with two attached hydrogens (primary N) is 1. The van der Waals surface area contributed by atoms with Gasteiger partial charge >= 0.3 is 0 Å². The second-order valence-electron chi connectivity index (χ2n) is 5.65. The summed E-state index contributed by atoms with van der Waals surface area (Å²) in [6, 6.07) is 0.649. The van der Waals surface area contributed by atoms with Crippen molar-refractivity contribution in [2.24, 2.45) is 5.73 Å². The Balaban J connectivity index is 1.71. The van der Waals surface area contributed by atoms with Crippen LogP contribution in [-0.4, -0.2) is 28.5 Å². The summed E-state index contributed by atoms with van der Waals surface area (Å²) in [5.74, 6) is 0.207. The molecule has 0 radical (unpaired) electrons. The molecule has 4 heteroatoms. The standard InChI is InChI=1S/C14H21N3O/c1-16(11-5-6-11)14(18)9-17-7-10-3-2-4-13(15)12(10)8-17/h7-8,11,13H,2-6,9,15H2,1H3. The summed E-state index contributed by atoms with van der Waals surface area (Å²) in [7, 11) is 1.91. The predicted molar refractivity (Wildman–Crippen MR) is 70.1 cm³/mol. The maximum absolute atomic E-state index is 12.1. The molecule has 1 unspecified atom stereocenters. The van der Waals surface area contributed by atoms with Gasteiger partial charge in [-0.15, -0.1) is 0 Å². The lowest BCUT2D eigenvalue weighted by Crippen LogP contribution is -2.31. The van der Waals surface area contributed by atoms with Crippen LogP contribution in [-0.2, 0) is 17.8 Å². The van der Waals surface area contributed by atoms with E-state index in [1.165, 1.54) is 11.1 Å². The Kier molecular flexibility index (Phi) is 2.90. The van der Waals surface area contributed by atoms with Crippen LogP contribution >= 0.6 is 0 Å². The largest absolute Gasteiger partial charge is 0.344 e. The number of fused-ring (bicyclic) bond motifs is 1. The molecule has 2 aliphatic carbocycles. The molecule has 1 saturated carbocycles. The first kappa shape index (κ1) is 11.8. The van der Waals surface area contributed by atoms with E-state index in [1.54, 1.807) is 0 Å². The highest BCUT2D eigenvalue weighted by Crippen LogP contribution is 2.29. The van der Waals surface area contributed by atoms with Gasteiger partial charge in [0.2, 0.25) is 5.91 Å². The third kappa shape index (κ3) is 2.17. The van der Waals surface area contributed by atoms with E-state index in [0.29, 0.717) is 12.6 Å². The molecule has 1 heterocycles. The van der Waals surface area contributed by atoms with E-state index in [4.69, 9.17) is 5.73 Å². The van der Waals surface area contributed by atoms with Crippen molar-refractivity contribution in [3.63, 3.8) is 0 Å². The topological polar surface area (TPSA) is 51.3 Å². The molecule has 1 fully saturated rings. The monoisotopic (exact) mass is 247 g/mol. The Hall–Kier alpha value is -1.29. The van der Waals surface area contributed by atoms with Crippen molar-refractivity contribution in [2.75, 3.05) is 7.05 Å². The van der Waals surface area contributed by atoms with Crippen molar-refractivity contribution >= 4 is 5.91 Å². The van der Waals surface area contributed by atoms with Gasteiger partial charge in [0.1, 0.15) is 6.54 Å². The van der Waals surface area contributed by atoms with Crippen molar-refractivity contribution in [1.29, 1.82) is 0 Å². The smallest absolute Gasteiger partial charge is 0.242 e. The number of rotatable bonds is 3. The van der Waals surface area contributed by atoms with Gasteiger partial charge in [0.15, 0.2) is 0 Å². The average Bonchev–Trinajstić information content (AvgIpc) is 3.10. The highest BCUT2D eigenvalue weighted by molar-refractivity contribution is 5.76. The van der Waals surface area contributed by atoms with Crippen LogP contribution in [0.15, 0.2) is 12.4 Å². The number of carbonyl (C=O) groups is 1. The van der Waals surface area contributed by atoms with Gasteiger partial charge in [0, 0.05) is 31.5 Å². The van der Waals surface area contributed by atoms with Crippen LogP contribution in [0.2, 0.25) is 0 Å². The molecule has 4 nitrogen and oxygen atoms in total. The number of amides is 1. The van der Waals surface area contributed by atoms with E-state index < -0.39 is 0 Å². The Morgan fingerprint density at radius 2 is 2.22 bits per heavy atom. The van der Waals surface area contributed by atoms with E-state index in [1.807, 2.05) is 16.5 Å². The minimum absolute atomic E-state index is 0.159. The molecule has 98 valence electrons. The second-order valence-corrected chi connectivity index (χ2v) is 5.65. The summed E-state index contributed by atoms with van der Waals surface area (Å²) < 4.78 is 2.01. The van der Waals surface area contributed by atoms with Crippen LogP contribution in [0.25, 0.3) is 0 Å². The second kappa shape index (κ2) is 4.43. The first-order chi connectivity index (χ1) is 8.65. The molecule has 0 bridgehead atoms. The van der Waals surface area contributed by atoms with Crippen molar-refractivity contribution in [3.8, 4) is 0 Å². The van der Waals surface area contributed by atoms with Crippen LogP contribution in [0.5, 0.6) is 0 Å². The normalized spacial score (nSPS) is 22.7. The molecule has 0 spiro atoms. The fourth-order valence-electron chi connectivity index (χ4n) is 2.81. The Bertz CT molecular complexity index is 462. The zero-order valence-electron chi connectivity index (χ0n) is 10.9. The summed E-state index contributed by atoms with van der Waals surface area (Å²) in [6.07, 6.45) is 9.82. The fraction of sp³-hybridized carbons (Fsp3) is 0.643. The van der Waals surface area contributed by atoms with Gasteiger partial charge in [-0.05, 0) is 43.2 Å². The van der Waals surface area contributed by atoms with Crippen LogP contribution in [0, 0.1) is 0 Å². The fourth-order valence-corrected chi connectivity index (χ4v) is 2.81. The molecular formula is C14H21N3O. The zero-order valence-corrected chi connectivity index (χ0v) is 10.9. The zero-order chi connectivity index (χ0) is 12.7. The Morgan fingerprint density at radius 1 is 1.44 bits per heavy atom. The lowest BCUT2D eigenvalue weighted by Gasteiger charge is -2.17. The van der Waals surface area contributed by atoms with Gasteiger partial charge in [-0.1, -0.05) is 0 Å². The van der Waals surface area contributed by atoms with Crippen molar-refractivity contribution < 1.29 is 4.79 Å². The highest BCUT2D eigenvalue weighted by atomic mass is 16.2. The highest BCUT2D eigenvalue weighted by Gasteiger charge is 2.29. The quantitative estimate of drug-likeness (QED) is 0.879. The molecule has 3 rings (SSSR count). The van der Waals surface area contributed by atoms with Gasteiger partial charge in [-0.25, -0.2) is 0 Å².